The standard InChI is InChI=1S/C29H30N2O3/c1-29(26-11-10-22(18-21(26)20-30)33-17-16-32-2)13-12-25-23-8-4-5-9-24(23)27(19-28(25)34-29)31-14-6-3-7-15-31/h4-5,8-13,18-19H,3,6-7,14-17H2,1-2H3. The van der Waals surface area contributed by atoms with Crippen molar-refractivity contribution in [2.24, 2.45) is 0 Å². The van der Waals surface area contributed by atoms with E-state index in [1.807, 2.05) is 19.1 Å². The molecule has 5 heteroatoms. The van der Waals surface area contributed by atoms with Crippen molar-refractivity contribution in [1.29, 1.82) is 5.26 Å². The van der Waals surface area contributed by atoms with Crippen LogP contribution in [0.5, 0.6) is 11.5 Å². The number of ether oxygens (including phenoxy) is 3. The van der Waals surface area contributed by atoms with E-state index in [0.29, 0.717) is 24.5 Å². The predicted octanol–water partition coefficient (Wildman–Crippen LogP) is 6.05. The largest absolute Gasteiger partial charge is 0.491 e. The molecule has 0 N–H and O–H groups in total. The van der Waals surface area contributed by atoms with Crippen LogP contribution < -0.4 is 14.4 Å². The Bertz CT molecular complexity index is 1270. The molecule has 1 atom stereocenters. The zero-order chi connectivity index (χ0) is 23.5. The van der Waals surface area contributed by atoms with Crippen molar-refractivity contribution in [3.05, 3.63) is 71.3 Å². The number of anilines is 1. The summed E-state index contributed by atoms with van der Waals surface area (Å²) in [6, 6.07) is 18.7. The number of fused-ring (bicyclic) bond motifs is 3. The minimum absolute atomic E-state index is 0.439. The maximum atomic E-state index is 9.89. The van der Waals surface area contributed by atoms with Gasteiger partial charge >= 0.3 is 0 Å². The number of hydrogen-bond acceptors (Lipinski definition) is 5. The van der Waals surface area contributed by atoms with Crippen molar-refractivity contribution in [1.82, 2.24) is 0 Å². The van der Waals surface area contributed by atoms with E-state index in [9.17, 15) is 5.26 Å². The summed E-state index contributed by atoms with van der Waals surface area (Å²) in [5.74, 6) is 1.51. The lowest BCUT2D eigenvalue weighted by molar-refractivity contribution is 0.137. The molecule has 5 rings (SSSR count). The van der Waals surface area contributed by atoms with Gasteiger partial charge in [0.2, 0.25) is 0 Å². The first kappa shape index (κ1) is 22.3. The third-order valence-corrected chi connectivity index (χ3v) is 6.82. The summed E-state index contributed by atoms with van der Waals surface area (Å²) in [6.45, 7) is 5.09. The molecule has 5 nitrogen and oxygen atoms in total. The van der Waals surface area contributed by atoms with Crippen LogP contribution in [-0.4, -0.2) is 33.4 Å². The second kappa shape index (κ2) is 9.40. The van der Waals surface area contributed by atoms with Crippen molar-refractivity contribution >= 4 is 22.5 Å². The molecule has 3 aromatic carbocycles. The number of methoxy groups -OCH3 is 1. The number of rotatable bonds is 6. The average molecular weight is 455 g/mol. The van der Waals surface area contributed by atoms with E-state index in [1.165, 1.54) is 35.7 Å². The van der Waals surface area contributed by atoms with E-state index in [2.05, 4.69) is 53.5 Å². The zero-order valence-electron chi connectivity index (χ0n) is 19.8. The first-order valence-electron chi connectivity index (χ1n) is 12.0. The first-order valence-corrected chi connectivity index (χ1v) is 12.0. The highest BCUT2D eigenvalue weighted by Gasteiger charge is 2.33. The van der Waals surface area contributed by atoms with Gasteiger partial charge in [0.25, 0.3) is 0 Å². The Balaban J connectivity index is 1.54. The summed E-state index contributed by atoms with van der Waals surface area (Å²) in [6.07, 6.45) is 7.93. The fraction of sp³-hybridized carbons (Fsp3) is 0.345. The van der Waals surface area contributed by atoms with Crippen molar-refractivity contribution in [3.8, 4) is 17.6 Å². The second-order valence-electron chi connectivity index (χ2n) is 9.10. The molecule has 0 bridgehead atoms. The Labute approximate surface area is 201 Å². The van der Waals surface area contributed by atoms with E-state index in [-0.39, 0.29) is 0 Å². The molecule has 1 fully saturated rings. The molecular weight excluding hydrogens is 424 g/mol. The molecule has 0 radical (unpaired) electrons. The Morgan fingerprint density at radius 1 is 1.03 bits per heavy atom. The molecule has 2 aliphatic rings. The molecule has 174 valence electrons. The highest BCUT2D eigenvalue weighted by Crippen LogP contribution is 2.45. The molecular formula is C29H30N2O3. The van der Waals surface area contributed by atoms with Gasteiger partial charge in [-0.15, -0.1) is 0 Å². The fourth-order valence-corrected chi connectivity index (χ4v) is 5.04. The van der Waals surface area contributed by atoms with Crippen LogP contribution >= 0.6 is 0 Å². The summed E-state index contributed by atoms with van der Waals surface area (Å²) in [7, 11) is 1.64. The lowest BCUT2D eigenvalue weighted by atomic mass is 9.87. The quantitative estimate of drug-likeness (QED) is 0.425. The summed E-state index contributed by atoms with van der Waals surface area (Å²) in [4.78, 5) is 2.48. The van der Waals surface area contributed by atoms with E-state index < -0.39 is 5.60 Å². The molecule has 0 aliphatic carbocycles. The van der Waals surface area contributed by atoms with Gasteiger partial charge in [0.1, 0.15) is 18.1 Å². The predicted molar refractivity (Wildman–Crippen MR) is 136 cm³/mol. The Morgan fingerprint density at radius 3 is 2.59 bits per heavy atom. The van der Waals surface area contributed by atoms with Crippen LogP contribution in [0.3, 0.4) is 0 Å². The van der Waals surface area contributed by atoms with Crippen LogP contribution in [0.25, 0.3) is 16.8 Å². The number of piperidine rings is 1. The molecule has 1 saturated heterocycles. The topological polar surface area (TPSA) is 54.7 Å². The minimum atomic E-state index is -0.759. The summed E-state index contributed by atoms with van der Waals surface area (Å²) in [5.41, 5.74) is 2.93. The van der Waals surface area contributed by atoms with E-state index in [0.717, 1.165) is 30.0 Å². The molecule has 2 aliphatic heterocycles. The van der Waals surface area contributed by atoms with Crippen molar-refractivity contribution in [3.63, 3.8) is 0 Å². The molecule has 34 heavy (non-hydrogen) atoms. The average Bonchev–Trinajstić information content (AvgIpc) is 2.88. The SMILES string of the molecule is COCCOc1ccc(C2(C)C=Cc3c(cc(N4CCCCC4)c4ccccc34)O2)c(C#N)c1. The number of hydrogen-bond donors (Lipinski definition) is 0. The lowest BCUT2D eigenvalue weighted by Gasteiger charge is -2.35. The normalized spacial score (nSPS) is 19.4. The lowest BCUT2D eigenvalue weighted by Crippen LogP contribution is -2.32. The molecule has 2 heterocycles. The van der Waals surface area contributed by atoms with Gasteiger partial charge in [0.05, 0.1) is 18.2 Å². The number of nitrogens with zero attached hydrogens (tertiary/aromatic N) is 2. The van der Waals surface area contributed by atoms with Gasteiger partial charge in [0.15, 0.2) is 5.60 Å². The Kier molecular flexibility index (Phi) is 6.17. The third-order valence-electron chi connectivity index (χ3n) is 6.82. The van der Waals surface area contributed by atoms with Crippen LogP contribution in [0.1, 0.15) is 42.9 Å². The molecule has 0 amide bonds. The third kappa shape index (κ3) is 4.10. The van der Waals surface area contributed by atoms with Crippen LogP contribution in [0.4, 0.5) is 5.69 Å². The summed E-state index contributed by atoms with van der Waals surface area (Å²) < 4.78 is 17.5. The minimum Gasteiger partial charge on any atom is -0.491 e. The van der Waals surface area contributed by atoms with Gasteiger partial charge in [-0.05, 0) is 55.8 Å². The number of nitriles is 1. The van der Waals surface area contributed by atoms with E-state index in [1.54, 1.807) is 13.2 Å². The van der Waals surface area contributed by atoms with E-state index in [4.69, 9.17) is 14.2 Å². The van der Waals surface area contributed by atoms with Gasteiger partial charge in [0, 0.05) is 48.5 Å². The molecule has 0 spiro atoms. The Hall–Kier alpha value is -3.49. The number of benzene rings is 3. The van der Waals surface area contributed by atoms with Gasteiger partial charge in [-0.2, -0.15) is 5.26 Å². The molecule has 3 aromatic rings. The Morgan fingerprint density at radius 2 is 1.82 bits per heavy atom. The highest BCUT2D eigenvalue weighted by atomic mass is 16.5. The first-order chi connectivity index (χ1) is 16.6. The maximum Gasteiger partial charge on any atom is 0.151 e. The van der Waals surface area contributed by atoms with Crippen molar-refractivity contribution in [2.75, 3.05) is 38.3 Å². The van der Waals surface area contributed by atoms with Gasteiger partial charge in [-0.3, -0.25) is 0 Å². The van der Waals surface area contributed by atoms with Gasteiger partial charge in [-0.1, -0.05) is 30.3 Å². The van der Waals surface area contributed by atoms with Crippen LogP contribution in [0.2, 0.25) is 0 Å². The smallest absolute Gasteiger partial charge is 0.151 e. The molecule has 1 unspecified atom stereocenters. The summed E-state index contributed by atoms with van der Waals surface area (Å²) >= 11 is 0. The van der Waals surface area contributed by atoms with Crippen molar-refractivity contribution < 1.29 is 14.2 Å². The highest BCUT2D eigenvalue weighted by molar-refractivity contribution is 6.02. The summed E-state index contributed by atoms with van der Waals surface area (Å²) in [5, 5.41) is 12.3. The van der Waals surface area contributed by atoms with Crippen molar-refractivity contribution in [2.45, 2.75) is 31.8 Å². The monoisotopic (exact) mass is 454 g/mol. The van der Waals surface area contributed by atoms with Gasteiger partial charge < -0.3 is 19.1 Å². The van der Waals surface area contributed by atoms with Gasteiger partial charge in [-0.25, -0.2) is 0 Å². The van der Waals surface area contributed by atoms with Crippen LogP contribution in [0.15, 0.2) is 54.6 Å². The zero-order valence-corrected chi connectivity index (χ0v) is 19.8. The fourth-order valence-electron chi connectivity index (χ4n) is 5.04. The maximum absolute atomic E-state index is 9.89. The van der Waals surface area contributed by atoms with Crippen LogP contribution in [-0.2, 0) is 10.3 Å². The van der Waals surface area contributed by atoms with Crippen LogP contribution in [0, 0.1) is 11.3 Å². The molecule has 0 saturated carbocycles. The molecule has 0 aromatic heterocycles. The second-order valence-corrected chi connectivity index (χ2v) is 9.10. The van der Waals surface area contributed by atoms with E-state index >= 15 is 0 Å².